The van der Waals surface area contributed by atoms with Crippen molar-refractivity contribution >= 4 is 45.9 Å². The number of hydrogen-bond acceptors (Lipinski definition) is 4. The second-order valence-corrected chi connectivity index (χ2v) is 12.8. The van der Waals surface area contributed by atoms with Gasteiger partial charge in [0.15, 0.2) is 13.2 Å². The molecule has 188 valence electrons. The van der Waals surface area contributed by atoms with Crippen LogP contribution >= 0.6 is 23.3 Å². The van der Waals surface area contributed by atoms with Crippen molar-refractivity contribution in [3.63, 3.8) is 0 Å². The van der Waals surface area contributed by atoms with Gasteiger partial charge < -0.3 is 9.41 Å². The SMILES string of the molecule is Cc1nn(-c2ccccc2)c2c1P(=Nc1ccccc1Br)(N1CCOCC1)N(C)C(c1ccccc1)=N2. The van der Waals surface area contributed by atoms with E-state index in [4.69, 9.17) is 19.6 Å². The smallest absolute Gasteiger partial charge is 0.170 e. The van der Waals surface area contributed by atoms with Gasteiger partial charge in [-0.15, -0.1) is 0 Å². The molecule has 2 aliphatic rings. The Morgan fingerprint density at radius 2 is 1.54 bits per heavy atom. The van der Waals surface area contributed by atoms with Gasteiger partial charge in [-0.1, -0.05) is 60.7 Å². The van der Waals surface area contributed by atoms with Crippen LogP contribution in [0.3, 0.4) is 0 Å². The van der Waals surface area contributed by atoms with Crippen molar-refractivity contribution in [3.8, 4) is 5.69 Å². The highest BCUT2D eigenvalue weighted by Crippen LogP contribution is 2.62. The molecule has 0 spiro atoms. The number of aromatic nitrogens is 2. The van der Waals surface area contributed by atoms with E-state index in [9.17, 15) is 0 Å². The number of nitrogens with zero attached hydrogens (tertiary/aromatic N) is 6. The van der Waals surface area contributed by atoms with E-state index in [2.05, 4.69) is 81.7 Å². The maximum Gasteiger partial charge on any atom is 0.170 e. The molecule has 0 bridgehead atoms. The summed E-state index contributed by atoms with van der Waals surface area (Å²) in [5, 5.41) is 6.15. The van der Waals surface area contributed by atoms with Crippen LogP contribution in [-0.2, 0) is 4.74 Å². The van der Waals surface area contributed by atoms with Gasteiger partial charge in [0.1, 0.15) is 5.84 Å². The monoisotopic (exact) mass is 574 g/mol. The average Bonchev–Trinajstić information content (AvgIpc) is 3.29. The summed E-state index contributed by atoms with van der Waals surface area (Å²) in [5.41, 5.74) is 3.89. The first-order valence-corrected chi connectivity index (χ1v) is 14.8. The Morgan fingerprint density at radius 3 is 2.24 bits per heavy atom. The van der Waals surface area contributed by atoms with Gasteiger partial charge in [0.25, 0.3) is 0 Å². The second-order valence-electron chi connectivity index (χ2n) is 9.02. The highest BCUT2D eigenvalue weighted by Gasteiger charge is 2.45. The van der Waals surface area contributed by atoms with Gasteiger partial charge in [0.05, 0.1) is 35.6 Å². The van der Waals surface area contributed by atoms with Crippen LogP contribution in [0.2, 0.25) is 0 Å². The third-order valence-corrected chi connectivity index (χ3v) is 11.3. The average molecular weight is 575 g/mol. The Balaban J connectivity index is 1.72. The number of aliphatic imine (C=N–C) groups is 1. The fourth-order valence-electron chi connectivity index (χ4n) is 5.03. The molecule has 0 radical (unpaired) electrons. The number of hydrogen-bond donors (Lipinski definition) is 0. The van der Waals surface area contributed by atoms with Gasteiger partial charge in [-0.2, -0.15) is 5.10 Å². The largest absolute Gasteiger partial charge is 0.379 e. The highest BCUT2D eigenvalue weighted by atomic mass is 79.9. The number of amidine groups is 1. The molecule has 1 saturated heterocycles. The quantitative estimate of drug-likeness (QED) is 0.269. The predicted octanol–water partition coefficient (Wildman–Crippen LogP) is 6.29. The van der Waals surface area contributed by atoms with E-state index in [0.29, 0.717) is 13.2 Å². The van der Waals surface area contributed by atoms with E-state index < -0.39 is 7.36 Å². The molecule has 7 nitrogen and oxygen atoms in total. The first kappa shape index (κ1) is 24.3. The molecule has 0 N–H and O–H groups in total. The van der Waals surface area contributed by atoms with E-state index in [-0.39, 0.29) is 0 Å². The van der Waals surface area contributed by atoms with E-state index in [1.165, 1.54) is 0 Å². The maximum atomic E-state index is 5.80. The van der Waals surface area contributed by atoms with Crippen LogP contribution in [0.4, 0.5) is 11.5 Å². The van der Waals surface area contributed by atoms with Crippen LogP contribution in [-0.4, -0.2) is 58.3 Å². The van der Waals surface area contributed by atoms with Crippen molar-refractivity contribution in [2.24, 2.45) is 9.74 Å². The van der Waals surface area contributed by atoms with Gasteiger partial charge in [0, 0.05) is 30.2 Å². The Morgan fingerprint density at radius 1 is 0.892 bits per heavy atom. The first-order chi connectivity index (χ1) is 18.1. The van der Waals surface area contributed by atoms with Crippen LogP contribution in [0.5, 0.6) is 0 Å². The minimum absolute atomic E-state index is 0.667. The van der Waals surface area contributed by atoms with Gasteiger partial charge in [-0.25, -0.2) is 19.1 Å². The van der Waals surface area contributed by atoms with Gasteiger partial charge in [0.2, 0.25) is 0 Å². The lowest BCUT2D eigenvalue weighted by Gasteiger charge is -2.46. The molecular weight excluding hydrogens is 547 g/mol. The second kappa shape index (κ2) is 10.0. The molecule has 0 amide bonds. The normalized spacial score (nSPS) is 19.9. The lowest BCUT2D eigenvalue weighted by atomic mass is 10.2. The molecule has 1 atom stereocenters. The fraction of sp³-hybridized carbons (Fsp3) is 0.214. The Labute approximate surface area is 225 Å². The molecule has 0 saturated carbocycles. The molecule has 1 fully saturated rings. The Hall–Kier alpha value is -3.03. The zero-order valence-corrected chi connectivity index (χ0v) is 23.3. The number of rotatable bonds is 4. The summed E-state index contributed by atoms with van der Waals surface area (Å²) in [6, 6.07) is 28.8. The van der Waals surface area contributed by atoms with Crippen molar-refractivity contribution in [3.05, 3.63) is 101 Å². The van der Waals surface area contributed by atoms with Crippen molar-refractivity contribution in [1.82, 2.24) is 19.1 Å². The number of fused-ring (bicyclic) bond motifs is 1. The lowest BCUT2D eigenvalue weighted by Crippen LogP contribution is -2.45. The minimum atomic E-state index is -2.59. The third kappa shape index (κ3) is 4.18. The lowest BCUT2D eigenvalue weighted by molar-refractivity contribution is 0.0732. The van der Waals surface area contributed by atoms with Crippen molar-refractivity contribution in [2.45, 2.75) is 6.92 Å². The van der Waals surface area contributed by atoms with Crippen molar-refractivity contribution in [2.75, 3.05) is 33.4 Å². The van der Waals surface area contributed by atoms with Gasteiger partial charge in [-0.3, -0.25) is 0 Å². The fourth-order valence-corrected chi connectivity index (χ4v) is 9.37. The van der Waals surface area contributed by atoms with Gasteiger partial charge >= 0.3 is 0 Å². The van der Waals surface area contributed by atoms with Crippen molar-refractivity contribution < 1.29 is 4.74 Å². The summed E-state index contributed by atoms with van der Waals surface area (Å²) in [6.45, 7) is 4.98. The van der Waals surface area contributed by atoms with Crippen LogP contribution < -0.4 is 5.30 Å². The number of ether oxygens (including phenoxy) is 1. The van der Waals surface area contributed by atoms with E-state index in [1.807, 2.05) is 47.1 Å². The van der Waals surface area contributed by atoms with Gasteiger partial charge in [-0.05, 0) is 47.1 Å². The maximum absolute atomic E-state index is 5.80. The summed E-state index contributed by atoms with van der Waals surface area (Å²) in [5.74, 6) is 1.73. The van der Waals surface area contributed by atoms with Crippen LogP contribution in [0.15, 0.2) is 99.1 Å². The highest BCUT2D eigenvalue weighted by molar-refractivity contribution is 9.10. The zero-order chi connectivity index (χ0) is 25.4. The van der Waals surface area contributed by atoms with Crippen LogP contribution in [0, 0.1) is 6.92 Å². The van der Waals surface area contributed by atoms with E-state index in [1.54, 1.807) is 0 Å². The first-order valence-electron chi connectivity index (χ1n) is 12.3. The summed E-state index contributed by atoms with van der Waals surface area (Å²) in [7, 11) is -0.450. The molecule has 6 rings (SSSR count). The molecule has 0 aliphatic carbocycles. The summed E-state index contributed by atoms with van der Waals surface area (Å²) >= 11 is 3.76. The number of aryl methyl sites for hydroxylation is 1. The van der Waals surface area contributed by atoms with Crippen LogP contribution in [0.1, 0.15) is 11.3 Å². The molecule has 9 heteroatoms. The third-order valence-electron chi connectivity index (χ3n) is 6.76. The summed E-state index contributed by atoms with van der Waals surface area (Å²) < 4.78 is 19.2. The number of para-hydroxylation sites is 1. The molecule has 2 aliphatic heterocycles. The molecular formula is C28H28BrN6OP. The molecule has 3 aromatic carbocycles. The van der Waals surface area contributed by atoms with Crippen molar-refractivity contribution in [1.29, 1.82) is 0 Å². The van der Waals surface area contributed by atoms with E-state index in [0.717, 1.165) is 57.2 Å². The summed E-state index contributed by atoms with van der Waals surface area (Å²) in [4.78, 5) is 5.29. The standard InChI is InChI=1S/C28H28BrN6OP/c1-21-26-28(35(31-21)23-13-7-4-8-14-23)30-27(22-11-5-3-6-12-22)33(2)37(26,34-17-19-36-20-18-34)32-25-16-10-9-15-24(25)29/h3-16H,17-20H2,1-2H3. The number of morpholine rings is 1. The Bertz CT molecular complexity index is 1510. The predicted molar refractivity (Wildman–Crippen MR) is 154 cm³/mol. The number of benzene rings is 3. The summed E-state index contributed by atoms with van der Waals surface area (Å²) in [6.07, 6.45) is 0. The molecule has 3 heterocycles. The Kier molecular flexibility index (Phi) is 6.59. The molecule has 1 unspecified atom stereocenters. The topological polar surface area (TPSA) is 58.3 Å². The molecule has 37 heavy (non-hydrogen) atoms. The van der Waals surface area contributed by atoms with Crippen LogP contribution in [0.25, 0.3) is 5.69 Å². The molecule has 1 aromatic heterocycles. The zero-order valence-electron chi connectivity index (χ0n) is 20.8. The molecule has 4 aromatic rings. The minimum Gasteiger partial charge on any atom is -0.379 e. The number of halogens is 1. The van der Waals surface area contributed by atoms with E-state index >= 15 is 0 Å².